The summed E-state index contributed by atoms with van der Waals surface area (Å²) in [6.45, 7) is 9.13. The van der Waals surface area contributed by atoms with Crippen LogP contribution in [0, 0.1) is 5.92 Å². The summed E-state index contributed by atoms with van der Waals surface area (Å²) in [5.74, 6) is 1.01. The maximum absolute atomic E-state index is 12.1. The molecule has 1 aliphatic rings. The molecule has 1 aromatic heterocycles. The van der Waals surface area contributed by atoms with Crippen molar-refractivity contribution in [3.05, 3.63) is 18.0 Å². The van der Waals surface area contributed by atoms with E-state index < -0.39 is 0 Å². The Kier molecular flexibility index (Phi) is 5.90. The van der Waals surface area contributed by atoms with E-state index in [1.54, 1.807) is 24.1 Å². The van der Waals surface area contributed by atoms with Gasteiger partial charge in [-0.1, -0.05) is 13.8 Å². The zero-order valence-electron chi connectivity index (χ0n) is 14.1. The predicted octanol–water partition coefficient (Wildman–Crippen LogP) is 0.921. The molecule has 2 rings (SSSR count). The van der Waals surface area contributed by atoms with E-state index in [-0.39, 0.29) is 11.8 Å². The Balaban J connectivity index is 1.94. The molecule has 1 saturated heterocycles. The van der Waals surface area contributed by atoms with Crippen LogP contribution in [0.1, 0.15) is 37.7 Å². The fourth-order valence-electron chi connectivity index (χ4n) is 2.41. The number of aromatic nitrogens is 2. The first-order valence-electron chi connectivity index (χ1n) is 8.09. The lowest BCUT2D eigenvalue weighted by atomic mass is 10.1. The number of hydrogen-bond acceptors (Lipinski definition) is 5. The van der Waals surface area contributed by atoms with E-state index in [0.717, 1.165) is 6.42 Å². The second kappa shape index (κ2) is 7.89. The highest BCUT2D eigenvalue weighted by atomic mass is 16.2. The molecule has 7 nitrogen and oxygen atoms in total. The van der Waals surface area contributed by atoms with Crippen LogP contribution >= 0.6 is 0 Å². The predicted molar refractivity (Wildman–Crippen MR) is 88.3 cm³/mol. The first-order valence-corrected chi connectivity index (χ1v) is 8.09. The van der Waals surface area contributed by atoms with Crippen LogP contribution < -0.4 is 10.2 Å². The average Bonchev–Trinajstić information content (AvgIpc) is 2.54. The summed E-state index contributed by atoms with van der Waals surface area (Å²) >= 11 is 0. The minimum atomic E-state index is -0.170. The molecule has 1 N–H and O–H groups in total. The van der Waals surface area contributed by atoms with Gasteiger partial charge in [0.05, 0.1) is 0 Å². The largest absolute Gasteiger partial charge is 0.351 e. The lowest BCUT2D eigenvalue weighted by Gasteiger charge is -2.34. The van der Waals surface area contributed by atoms with Crippen LogP contribution in [0.2, 0.25) is 0 Å². The van der Waals surface area contributed by atoms with E-state index >= 15 is 0 Å². The van der Waals surface area contributed by atoms with Crippen LogP contribution in [-0.4, -0.2) is 59.4 Å². The summed E-state index contributed by atoms with van der Waals surface area (Å²) in [7, 11) is 0. The van der Waals surface area contributed by atoms with Gasteiger partial charge in [0.25, 0.3) is 5.91 Å². The van der Waals surface area contributed by atoms with Crippen LogP contribution in [0.3, 0.4) is 0 Å². The fraction of sp³-hybridized carbons (Fsp3) is 0.625. The Labute approximate surface area is 137 Å². The van der Waals surface area contributed by atoms with Gasteiger partial charge in [0.1, 0.15) is 5.69 Å². The first-order chi connectivity index (χ1) is 11.0. The summed E-state index contributed by atoms with van der Waals surface area (Å²) in [6.07, 6.45) is 2.55. The highest BCUT2D eigenvalue weighted by Crippen LogP contribution is 2.11. The van der Waals surface area contributed by atoms with Crippen molar-refractivity contribution in [2.45, 2.75) is 27.2 Å². The van der Waals surface area contributed by atoms with Crippen molar-refractivity contribution in [2.24, 2.45) is 5.92 Å². The summed E-state index contributed by atoms with van der Waals surface area (Å²) < 4.78 is 0. The highest BCUT2D eigenvalue weighted by Gasteiger charge is 2.21. The summed E-state index contributed by atoms with van der Waals surface area (Å²) in [6, 6.07) is 1.63. The van der Waals surface area contributed by atoms with Crippen LogP contribution in [-0.2, 0) is 4.79 Å². The van der Waals surface area contributed by atoms with E-state index in [4.69, 9.17) is 0 Å². The number of nitrogens with one attached hydrogen (secondary N) is 1. The van der Waals surface area contributed by atoms with Crippen LogP contribution in [0.4, 0.5) is 5.95 Å². The minimum Gasteiger partial charge on any atom is -0.351 e. The average molecular weight is 319 g/mol. The standard InChI is InChI=1S/C16H25N5O2/c1-12(2)4-6-17-15(23)14-5-7-18-16(19-14)21-10-8-20(9-11-21)13(3)22/h5,7,12H,4,6,8-11H2,1-3H3,(H,17,23). The van der Waals surface area contributed by atoms with Crippen molar-refractivity contribution in [1.82, 2.24) is 20.2 Å². The van der Waals surface area contributed by atoms with Crippen molar-refractivity contribution in [3.63, 3.8) is 0 Å². The molecule has 0 aliphatic carbocycles. The number of hydrogen-bond donors (Lipinski definition) is 1. The molecular formula is C16H25N5O2. The number of carbonyl (C=O) groups is 2. The molecule has 1 aromatic rings. The van der Waals surface area contributed by atoms with Crippen molar-refractivity contribution in [1.29, 1.82) is 0 Å². The maximum Gasteiger partial charge on any atom is 0.270 e. The van der Waals surface area contributed by atoms with Gasteiger partial charge in [-0.2, -0.15) is 0 Å². The van der Waals surface area contributed by atoms with Gasteiger partial charge in [0.15, 0.2) is 0 Å². The zero-order valence-corrected chi connectivity index (χ0v) is 14.1. The van der Waals surface area contributed by atoms with Crippen LogP contribution in [0.5, 0.6) is 0 Å². The first kappa shape index (κ1) is 17.2. The molecule has 0 unspecified atom stereocenters. The lowest BCUT2D eigenvalue weighted by molar-refractivity contribution is -0.129. The number of amides is 2. The monoisotopic (exact) mass is 319 g/mol. The van der Waals surface area contributed by atoms with Gasteiger partial charge in [-0.05, 0) is 18.4 Å². The molecule has 0 atom stereocenters. The molecule has 0 aromatic carbocycles. The summed E-state index contributed by atoms with van der Waals surface area (Å²) in [5, 5.41) is 2.88. The van der Waals surface area contributed by atoms with Crippen molar-refractivity contribution in [2.75, 3.05) is 37.6 Å². The molecule has 2 amide bonds. The second-order valence-electron chi connectivity index (χ2n) is 6.17. The van der Waals surface area contributed by atoms with Gasteiger partial charge in [-0.15, -0.1) is 0 Å². The van der Waals surface area contributed by atoms with Gasteiger partial charge in [0, 0.05) is 45.8 Å². The quantitative estimate of drug-likeness (QED) is 0.873. The van der Waals surface area contributed by atoms with Crippen molar-refractivity contribution >= 4 is 17.8 Å². The Hall–Kier alpha value is -2.18. The Morgan fingerprint density at radius 2 is 1.96 bits per heavy atom. The molecule has 0 spiro atoms. The molecule has 7 heteroatoms. The van der Waals surface area contributed by atoms with Gasteiger partial charge < -0.3 is 15.1 Å². The van der Waals surface area contributed by atoms with Crippen LogP contribution in [0.25, 0.3) is 0 Å². The van der Waals surface area contributed by atoms with Gasteiger partial charge in [0.2, 0.25) is 11.9 Å². The lowest BCUT2D eigenvalue weighted by Crippen LogP contribution is -2.48. The molecule has 23 heavy (non-hydrogen) atoms. The summed E-state index contributed by atoms with van der Waals surface area (Å²) in [4.78, 5) is 35.9. The Morgan fingerprint density at radius 1 is 1.26 bits per heavy atom. The van der Waals surface area contributed by atoms with Crippen molar-refractivity contribution in [3.8, 4) is 0 Å². The molecular weight excluding hydrogens is 294 g/mol. The van der Waals surface area contributed by atoms with E-state index in [0.29, 0.717) is 50.3 Å². The van der Waals surface area contributed by atoms with Gasteiger partial charge in [-0.3, -0.25) is 9.59 Å². The van der Waals surface area contributed by atoms with E-state index in [9.17, 15) is 9.59 Å². The molecule has 0 saturated carbocycles. The molecule has 126 valence electrons. The molecule has 1 fully saturated rings. The number of nitrogens with zero attached hydrogens (tertiary/aromatic N) is 4. The van der Waals surface area contributed by atoms with E-state index in [2.05, 4.69) is 29.1 Å². The van der Waals surface area contributed by atoms with Crippen LogP contribution in [0.15, 0.2) is 12.3 Å². The fourth-order valence-corrected chi connectivity index (χ4v) is 2.41. The smallest absolute Gasteiger partial charge is 0.270 e. The number of rotatable bonds is 5. The van der Waals surface area contributed by atoms with E-state index in [1.165, 1.54) is 0 Å². The molecule has 0 radical (unpaired) electrons. The third-order valence-electron chi connectivity index (χ3n) is 3.89. The summed E-state index contributed by atoms with van der Waals surface area (Å²) in [5.41, 5.74) is 0.382. The second-order valence-corrected chi connectivity index (χ2v) is 6.17. The normalized spacial score (nSPS) is 15.0. The number of anilines is 1. The third-order valence-corrected chi connectivity index (χ3v) is 3.89. The molecule has 1 aliphatic heterocycles. The topological polar surface area (TPSA) is 78.4 Å². The van der Waals surface area contributed by atoms with Gasteiger partial charge in [-0.25, -0.2) is 9.97 Å². The SMILES string of the molecule is CC(=O)N1CCN(c2nccc(C(=O)NCCC(C)C)n2)CC1. The number of piperazine rings is 1. The minimum absolute atomic E-state index is 0.0869. The number of carbonyl (C=O) groups excluding carboxylic acids is 2. The molecule has 0 bridgehead atoms. The van der Waals surface area contributed by atoms with E-state index in [1.807, 2.05) is 4.90 Å². The van der Waals surface area contributed by atoms with Crippen molar-refractivity contribution < 1.29 is 9.59 Å². The molecule has 2 heterocycles. The highest BCUT2D eigenvalue weighted by molar-refractivity contribution is 5.92. The maximum atomic E-state index is 12.1. The third kappa shape index (κ3) is 4.91. The Bertz CT molecular complexity index is 553. The Morgan fingerprint density at radius 3 is 2.57 bits per heavy atom. The zero-order chi connectivity index (χ0) is 16.8. The van der Waals surface area contributed by atoms with Gasteiger partial charge >= 0.3 is 0 Å².